The molecule has 1 aliphatic heterocycles. The fraction of sp³-hybridized carbons (Fsp3) is 0.381. The van der Waals surface area contributed by atoms with Crippen molar-refractivity contribution in [3.8, 4) is 5.75 Å². The first-order chi connectivity index (χ1) is 13.2. The minimum Gasteiger partial charge on any atom is -0.497 e. The lowest BCUT2D eigenvalue weighted by atomic mass is 10.0. The molecule has 0 aliphatic carbocycles. The van der Waals surface area contributed by atoms with Crippen molar-refractivity contribution in [2.75, 3.05) is 45.3 Å². The number of carbonyl (C=O) groups is 1. The summed E-state index contributed by atoms with van der Waals surface area (Å²) in [4.78, 5) is 14.7. The van der Waals surface area contributed by atoms with E-state index in [0.29, 0.717) is 19.8 Å². The van der Waals surface area contributed by atoms with Crippen molar-refractivity contribution >= 4 is 11.7 Å². The summed E-state index contributed by atoms with van der Waals surface area (Å²) in [5.74, 6) is 0.824. The Morgan fingerprint density at radius 3 is 2.59 bits per heavy atom. The lowest BCUT2D eigenvalue weighted by Gasteiger charge is -2.35. The number of amides is 2. The molecule has 6 heteroatoms. The first-order valence-electron chi connectivity index (χ1n) is 9.23. The highest BCUT2D eigenvalue weighted by Crippen LogP contribution is 2.23. The molecule has 1 saturated heterocycles. The summed E-state index contributed by atoms with van der Waals surface area (Å²) in [7, 11) is 1.66. The number of morpholine rings is 1. The van der Waals surface area contributed by atoms with Gasteiger partial charge >= 0.3 is 6.03 Å². The molecule has 3 rings (SSSR count). The van der Waals surface area contributed by atoms with Gasteiger partial charge in [0.2, 0.25) is 0 Å². The van der Waals surface area contributed by atoms with Crippen LogP contribution in [0.25, 0.3) is 0 Å². The van der Waals surface area contributed by atoms with Crippen LogP contribution in [0.2, 0.25) is 0 Å². The van der Waals surface area contributed by atoms with E-state index in [4.69, 9.17) is 9.47 Å². The van der Waals surface area contributed by atoms with Crippen molar-refractivity contribution < 1.29 is 14.3 Å². The second-order valence-corrected chi connectivity index (χ2v) is 6.64. The van der Waals surface area contributed by atoms with Gasteiger partial charge in [-0.25, -0.2) is 4.79 Å². The monoisotopic (exact) mass is 369 g/mol. The van der Waals surface area contributed by atoms with Crippen LogP contribution < -0.4 is 15.4 Å². The molecule has 0 unspecified atom stereocenters. The molecule has 2 amide bonds. The molecule has 2 aromatic carbocycles. The van der Waals surface area contributed by atoms with Gasteiger partial charge in [0.05, 0.1) is 26.4 Å². The molecule has 0 saturated carbocycles. The summed E-state index contributed by atoms with van der Waals surface area (Å²) >= 11 is 0. The number of hydrogen-bond donors (Lipinski definition) is 2. The Morgan fingerprint density at radius 2 is 1.93 bits per heavy atom. The van der Waals surface area contributed by atoms with Crippen LogP contribution in [0.4, 0.5) is 10.5 Å². The number of hydrogen-bond acceptors (Lipinski definition) is 4. The number of ether oxygens (including phenoxy) is 2. The number of methoxy groups -OCH3 is 1. The minimum atomic E-state index is -0.202. The first kappa shape index (κ1) is 19.2. The van der Waals surface area contributed by atoms with Gasteiger partial charge in [0.15, 0.2) is 0 Å². The predicted octanol–water partition coefficient (Wildman–Crippen LogP) is 3.20. The number of aryl methyl sites for hydroxylation is 1. The first-order valence-corrected chi connectivity index (χ1v) is 9.23. The standard InChI is InChI=1S/C21H27N3O3/c1-16-4-3-5-18(14-16)23-21(25)22-15-20(24-10-12-27-13-11-24)17-6-8-19(26-2)9-7-17/h3-9,14,20H,10-13,15H2,1-2H3,(H2,22,23,25)/t20-/m0/s1. The topological polar surface area (TPSA) is 62.8 Å². The van der Waals surface area contributed by atoms with E-state index >= 15 is 0 Å². The third kappa shape index (κ3) is 5.45. The molecule has 0 bridgehead atoms. The smallest absolute Gasteiger partial charge is 0.319 e. The second kappa shape index (κ2) is 9.39. The maximum Gasteiger partial charge on any atom is 0.319 e. The van der Waals surface area contributed by atoms with Crippen molar-refractivity contribution in [3.05, 3.63) is 59.7 Å². The van der Waals surface area contributed by atoms with Crippen LogP contribution in [0, 0.1) is 6.92 Å². The highest BCUT2D eigenvalue weighted by molar-refractivity contribution is 5.89. The van der Waals surface area contributed by atoms with Gasteiger partial charge in [-0.05, 0) is 42.3 Å². The van der Waals surface area contributed by atoms with E-state index in [1.54, 1.807) is 7.11 Å². The predicted molar refractivity (Wildman–Crippen MR) is 106 cm³/mol. The SMILES string of the molecule is COc1ccc([C@H](CNC(=O)Nc2cccc(C)c2)N2CCOCC2)cc1. The lowest BCUT2D eigenvalue weighted by molar-refractivity contribution is 0.0167. The third-order valence-electron chi connectivity index (χ3n) is 4.72. The number of benzene rings is 2. The van der Waals surface area contributed by atoms with Crippen LogP contribution in [0.15, 0.2) is 48.5 Å². The van der Waals surface area contributed by atoms with Crippen molar-refractivity contribution in [3.63, 3.8) is 0 Å². The summed E-state index contributed by atoms with van der Waals surface area (Å²) in [5.41, 5.74) is 3.05. The number of nitrogens with zero attached hydrogens (tertiary/aromatic N) is 1. The molecule has 6 nitrogen and oxygen atoms in total. The Hall–Kier alpha value is -2.57. The number of urea groups is 1. The molecule has 27 heavy (non-hydrogen) atoms. The quantitative estimate of drug-likeness (QED) is 0.821. The number of nitrogens with one attached hydrogen (secondary N) is 2. The Balaban J connectivity index is 1.65. The zero-order valence-electron chi connectivity index (χ0n) is 15.9. The fourth-order valence-electron chi connectivity index (χ4n) is 3.26. The van der Waals surface area contributed by atoms with Crippen LogP contribution in [-0.4, -0.2) is 50.9 Å². The van der Waals surface area contributed by atoms with Gasteiger partial charge < -0.3 is 20.1 Å². The van der Waals surface area contributed by atoms with E-state index in [2.05, 4.69) is 27.7 Å². The zero-order valence-corrected chi connectivity index (χ0v) is 15.9. The Morgan fingerprint density at radius 1 is 1.19 bits per heavy atom. The van der Waals surface area contributed by atoms with Crippen molar-refractivity contribution in [1.82, 2.24) is 10.2 Å². The average Bonchev–Trinajstić information content (AvgIpc) is 2.69. The normalized spacial score (nSPS) is 15.8. The molecule has 0 spiro atoms. The molecule has 1 heterocycles. The van der Waals surface area contributed by atoms with E-state index in [9.17, 15) is 4.79 Å². The van der Waals surface area contributed by atoms with E-state index in [0.717, 1.165) is 35.7 Å². The summed E-state index contributed by atoms with van der Waals surface area (Å²) in [6.45, 7) is 5.63. The highest BCUT2D eigenvalue weighted by atomic mass is 16.5. The number of anilines is 1. The Labute approximate surface area is 160 Å². The third-order valence-corrected chi connectivity index (χ3v) is 4.72. The van der Waals surface area contributed by atoms with Gasteiger partial charge in [0, 0.05) is 25.3 Å². The zero-order chi connectivity index (χ0) is 19.1. The number of carbonyl (C=O) groups excluding carboxylic acids is 1. The van der Waals surface area contributed by atoms with Gasteiger partial charge in [-0.2, -0.15) is 0 Å². The van der Waals surface area contributed by atoms with Gasteiger partial charge in [-0.15, -0.1) is 0 Å². The van der Waals surface area contributed by atoms with Crippen LogP contribution >= 0.6 is 0 Å². The maximum atomic E-state index is 12.4. The molecule has 2 aromatic rings. The van der Waals surface area contributed by atoms with Crippen molar-refractivity contribution in [2.24, 2.45) is 0 Å². The fourth-order valence-corrected chi connectivity index (χ4v) is 3.26. The molecule has 1 atom stereocenters. The Bertz CT molecular complexity index is 743. The molecule has 1 aliphatic rings. The summed E-state index contributed by atoms with van der Waals surface area (Å²) < 4.78 is 10.7. The van der Waals surface area contributed by atoms with Crippen LogP contribution in [0.5, 0.6) is 5.75 Å². The molecule has 1 fully saturated rings. The molecular formula is C21H27N3O3. The largest absolute Gasteiger partial charge is 0.497 e. The van der Waals surface area contributed by atoms with Gasteiger partial charge in [-0.1, -0.05) is 24.3 Å². The summed E-state index contributed by atoms with van der Waals surface area (Å²) in [5, 5.41) is 5.91. The number of rotatable bonds is 6. The van der Waals surface area contributed by atoms with Crippen molar-refractivity contribution in [1.29, 1.82) is 0 Å². The lowest BCUT2D eigenvalue weighted by Crippen LogP contribution is -2.44. The minimum absolute atomic E-state index is 0.0862. The molecule has 2 N–H and O–H groups in total. The van der Waals surface area contributed by atoms with E-state index in [1.165, 1.54) is 0 Å². The maximum absolute atomic E-state index is 12.4. The summed E-state index contributed by atoms with van der Waals surface area (Å²) in [6, 6.07) is 15.7. The Kier molecular flexibility index (Phi) is 6.68. The molecule has 0 radical (unpaired) electrons. The summed E-state index contributed by atoms with van der Waals surface area (Å²) in [6.07, 6.45) is 0. The van der Waals surface area contributed by atoms with E-state index < -0.39 is 0 Å². The second-order valence-electron chi connectivity index (χ2n) is 6.64. The highest BCUT2D eigenvalue weighted by Gasteiger charge is 2.23. The van der Waals surface area contributed by atoms with E-state index in [1.807, 2.05) is 43.3 Å². The van der Waals surface area contributed by atoms with Crippen LogP contribution in [-0.2, 0) is 4.74 Å². The molecule has 0 aromatic heterocycles. The van der Waals surface area contributed by atoms with E-state index in [-0.39, 0.29) is 12.1 Å². The van der Waals surface area contributed by atoms with Crippen LogP contribution in [0.1, 0.15) is 17.2 Å². The van der Waals surface area contributed by atoms with Gasteiger partial charge in [0.25, 0.3) is 0 Å². The molecule has 144 valence electrons. The average molecular weight is 369 g/mol. The molecular weight excluding hydrogens is 342 g/mol. The van der Waals surface area contributed by atoms with Crippen molar-refractivity contribution in [2.45, 2.75) is 13.0 Å². The van der Waals surface area contributed by atoms with Crippen LogP contribution in [0.3, 0.4) is 0 Å². The van der Waals surface area contributed by atoms with Gasteiger partial charge in [0.1, 0.15) is 5.75 Å². The van der Waals surface area contributed by atoms with Gasteiger partial charge in [-0.3, -0.25) is 4.90 Å².